The normalized spacial score (nSPS) is 32.1. The van der Waals surface area contributed by atoms with Crippen molar-refractivity contribution < 1.29 is 17.2 Å². The van der Waals surface area contributed by atoms with Crippen LogP contribution in [0.2, 0.25) is 0 Å². The summed E-state index contributed by atoms with van der Waals surface area (Å²) in [6.45, 7) is 0. The maximum Gasteiger partial charge on any atom is 0.267 e. The van der Waals surface area contributed by atoms with E-state index in [0.717, 1.165) is 0 Å². The van der Waals surface area contributed by atoms with E-state index in [1.165, 1.54) is 0 Å². The first-order valence-corrected chi connectivity index (χ1v) is 3.84. The number of sulfonamides is 1. The Morgan fingerprint density at radius 3 is 1.89 bits per heavy atom. The van der Waals surface area contributed by atoms with Crippen LogP contribution in [0.15, 0.2) is 0 Å². The molecule has 0 aliphatic heterocycles. The third kappa shape index (κ3) is 1.19. The fourth-order valence-corrected chi connectivity index (χ4v) is 1.48. The summed E-state index contributed by atoms with van der Waals surface area (Å²) in [6.07, 6.45) is -0.619. The molecule has 0 aromatic rings. The minimum absolute atomic E-state index is 0.619. The van der Waals surface area contributed by atoms with Gasteiger partial charge in [-0.3, -0.25) is 0 Å². The van der Waals surface area contributed by atoms with Gasteiger partial charge >= 0.3 is 0 Å². The Balaban J connectivity index is 2.75. The number of primary sulfonamides is 1. The van der Waals surface area contributed by atoms with E-state index in [4.69, 9.17) is 0 Å². The van der Waals surface area contributed by atoms with E-state index in [1.54, 1.807) is 0 Å². The number of rotatable bonds is 1. The standard InChI is InChI=1S/C3H5F2NO2S/c4-3(5)1-2(3)9(6,7)8/h2H,1H2,(H2,6,7,8). The Morgan fingerprint density at radius 2 is 1.89 bits per heavy atom. The van der Waals surface area contributed by atoms with Crippen LogP contribution in [0.25, 0.3) is 0 Å². The molecule has 0 bridgehead atoms. The Labute approximate surface area is 50.9 Å². The molecule has 1 rings (SSSR count). The van der Waals surface area contributed by atoms with Gasteiger partial charge in [0.2, 0.25) is 10.0 Å². The molecule has 0 saturated heterocycles. The van der Waals surface area contributed by atoms with E-state index in [-0.39, 0.29) is 0 Å². The van der Waals surface area contributed by atoms with Crippen LogP contribution in [0.4, 0.5) is 8.78 Å². The van der Waals surface area contributed by atoms with Crippen LogP contribution < -0.4 is 5.14 Å². The summed E-state index contributed by atoms with van der Waals surface area (Å²) >= 11 is 0. The Bertz CT molecular complexity index is 222. The van der Waals surface area contributed by atoms with Crippen LogP contribution in [0.1, 0.15) is 6.42 Å². The lowest BCUT2D eigenvalue weighted by Gasteiger charge is -1.91. The van der Waals surface area contributed by atoms with Gasteiger partial charge in [-0.1, -0.05) is 0 Å². The van der Waals surface area contributed by atoms with Crippen molar-refractivity contribution in [3.8, 4) is 0 Å². The molecule has 6 heteroatoms. The second-order valence-electron chi connectivity index (χ2n) is 2.04. The Hall–Kier alpha value is -0.230. The number of alkyl halides is 2. The molecule has 1 aliphatic carbocycles. The van der Waals surface area contributed by atoms with Crippen LogP contribution in [-0.4, -0.2) is 19.6 Å². The number of halogens is 2. The average molecular weight is 157 g/mol. The van der Waals surface area contributed by atoms with Gasteiger partial charge in [-0.15, -0.1) is 0 Å². The first-order chi connectivity index (χ1) is 3.84. The molecule has 0 heterocycles. The topological polar surface area (TPSA) is 60.2 Å². The molecule has 3 nitrogen and oxygen atoms in total. The molecule has 2 N–H and O–H groups in total. The fourth-order valence-electron chi connectivity index (χ4n) is 0.545. The molecular weight excluding hydrogens is 152 g/mol. The predicted molar refractivity (Wildman–Crippen MR) is 26.5 cm³/mol. The Morgan fingerprint density at radius 1 is 1.56 bits per heavy atom. The maximum atomic E-state index is 11.8. The van der Waals surface area contributed by atoms with E-state index >= 15 is 0 Å². The molecule has 0 spiro atoms. The first kappa shape index (κ1) is 6.88. The van der Waals surface area contributed by atoms with Gasteiger partial charge in [0.25, 0.3) is 5.92 Å². The zero-order chi connectivity index (χ0) is 7.28. The average Bonchev–Trinajstić information content (AvgIpc) is 2.10. The van der Waals surface area contributed by atoms with Crippen molar-refractivity contribution in [3.63, 3.8) is 0 Å². The maximum absolute atomic E-state index is 11.8. The highest BCUT2D eigenvalue weighted by atomic mass is 32.2. The van der Waals surface area contributed by atoms with Crippen LogP contribution in [0, 0.1) is 0 Å². The lowest BCUT2D eigenvalue weighted by molar-refractivity contribution is 0.121. The SMILES string of the molecule is NS(=O)(=O)C1CC1(F)F. The molecule has 0 radical (unpaired) electrons. The summed E-state index contributed by atoms with van der Waals surface area (Å²) in [5.41, 5.74) is 0. The highest BCUT2D eigenvalue weighted by molar-refractivity contribution is 7.90. The zero-order valence-corrected chi connectivity index (χ0v) is 5.16. The van der Waals surface area contributed by atoms with Gasteiger partial charge < -0.3 is 0 Å². The van der Waals surface area contributed by atoms with Gasteiger partial charge in [-0.05, 0) is 0 Å². The smallest absolute Gasteiger partial charge is 0.228 e. The summed E-state index contributed by atoms with van der Waals surface area (Å²) in [5, 5.41) is 2.79. The van der Waals surface area contributed by atoms with E-state index < -0.39 is 27.6 Å². The first-order valence-electron chi connectivity index (χ1n) is 2.23. The monoisotopic (exact) mass is 157 g/mol. The second-order valence-corrected chi connectivity index (χ2v) is 3.79. The van der Waals surface area contributed by atoms with Gasteiger partial charge in [0.15, 0.2) is 0 Å². The molecule has 1 saturated carbocycles. The summed E-state index contributed by atoms with van der Waals surface area (Å²) < 4.78 is 43.9. The predicted octanol–water partition coefficient (Wildman–Crippen LogP) is -0.317. The quantitative estimate of drug-likeness (QED) is 0.567. The third-order valence-corrected chi connectivity index (χ3v) is 2.47. The summed E-state index contributed by atoms with van der Waals surface area (Å²) in [5.74, 6) is -3.06. The molecule has 1 atom stereocenters. The second kappa shape index (κ2) is 1.43. The number of hydrogen-bond acceptors (Lipinski definition) is 2. The van der Waals surface area contributed by atoms with Crippen molar-refractivity contribution >= 4 is 10.0 Å². The summed E-state index contributed by atoms with van der Waals surface area (Å²) in [7, 11) is -3.99. The summed E-state index contributed by atoms with van der Waals surface area (Å²) in [4.78, 5) is 0. The van der Waals surface area contributed by atoms with Crippen LogP contribution in [0.5, 0.6) is 0 Å². The third-order valence-electron chi connectivity index (χ3n) is 1.17. The largest absolute Gasteiger partial charge is 0.267 e. The van der Waals surface area contributed by atoms with Crippen molar-refractivity contribution in [1.82, 2.24) is 0 Å². The lowest BCUT2D eigenvalue weighted by atomic mass is 10.8. The molecule has 9 heavy (non-hydrogen) atoms. The zero-order valence-electron chi connectivity index (χ0n) is 4.34. The van der Waals surface area contributed by atoms with Crippen molar-refractivity contribution in [3.05, 3.63) is 0 Å². The molecule has 0 aromatic heterocycles. The molecule has 54 valence electrons. The van der Waals surface area contributed by atoms with Gasteiger partial charge in [-0.25, -0.2) is 22.3 Å². The van der Waals surface area contributed by atoms with Gasteiger partial charge in [0, 0.05) is 6.42 Å². The van der Waals surface area contributed by atoms with Crippen molar-refractivity contribution in [1.29, 1.82) is 0 Å². The van der Waals surface area contributed by atoms with Crippen molar-refractivity contribution in [2.45, 2.75) is 17.6 Å². The summed E-state index contributed by atoms with van der Waals surface area (Å²) in [6, 6.07) is 0. The number of nitrogens with two attached hydrogens (primary N) is 1. The van der Waals surface area contributed by atoms with Crippen molar-refractivity contribution in [2.24, 2.45) is 5.14 Å². The van der Waals surface area contributed by atoms with E-state index in [9.17, 15) is 17.2 Å². The highest BCUT2D eigenvalue weighted by Crippen LogP contribution is 2.45. The highest BCUT2D eigenvalue weighted by Gasteiger charge is 2.63. The van der Waals surface area contributed by atoms with Gasteiger partial charge in [0.1, 0.15) is 5.25 Å². The van der Waals surface area contributed by atoms with Crippen LogP contribution in [0.3, 0.4) is 0 Å². The molecule has 0 amide bonds. The van der Waals surface area contributed by atoms with Crippen molar-refractivity contribution in [2.75, 3.05) is 0 Å². The minimum Gasteiger partial charge on any atom is -0.228 e. The van der Waals surface area contributed by atoms with Gasteiger partial charge in [-0.2, -0.15) is 0 Å². The van der Waals surface area contributed by atoms with Crippen LogP contribution in [-0.2, 0) is 10.0 Å². The van der Waals surface area contributed by atoms with E-state index in [2.05, 4.69) is 5.14 Å². The molecule has 0 aromatic carbocycles. The number of hydrogen-bond donors (Lipinski definition) is 1. The molecule has 1 fully saturated rings. The van der Waals surface area contributed by atoms with E-state index in [1.807, 2.05) is 0 Å². The van der Waals surface area contributed by atoms with Gasteiger partial charge in [0.05, 0.1) is 0 Å². The van der Waals surface area contributed by atoms with E-state index in [0.29, 0.717) is 0 Å². The minimum atomic E-state index is -3.99. The molecule has 1 unspecified atom stereocenters. The Kier molecular flexibility index (Phi) is 1.10. The fraction of sp³-hybridized carbons (Fsp3) is 1.00. The molecule has 1 aliphatic rings. The molecular formula is C3H5F2NO2S. The lowest BCUT2D eigenvalue weighted by Crippen LogP contribution is -2.21. The van der Waals surface area contributed by atoms with Crippen LogP contribution >= 0.6 is 0 Å².